The minimum absolute atomic E-state index is 0.00543. The molecule has 1 fully saturated rings. The first kappa shape index (κ1) is 14.2. The number of piperazine rings is 1. The van der Waals surface area contributed by atoms with Gasteiger partial charge >= 0.3 is 0 Å². The topological polar surface area (TPSA) is 49.6 Å². The van der Waals surface area contributed by atoms with Gasteiger partial charge in [0, 0.05) is 44.0 Å². The van der Waals surface area contributed by atoms with Gasteiger partial charge in [0.25, 0.3) is 5.56 Å². The van der Waals surface area contributed by atoms with E-state index in [-0.39, 0.29) is 5.56 Å². The predicted octanol–water partition coefficient (Wildman–Crippen LogP) is 1.19. The fraction of sp³-hybridized carbons (Fsp3) is 0.500. The zero-order valence-corrected chi connectivity index (χ0v) is 12.8. The molecule has 1 aliphatic rings. The molecule has 2 unspecified atom stereocenters. The molecule has 0 amide bonds. The Labute approximate surface area is 124 Å². The second-order valence-corrected chi connectivity index (χ2v) is 6.05. The Morgan fingerprint density at radius 2 is 2.00 bits per heavy atom. The van der Waals surface area contributed by atoms with Crippen LogP contribution in [-0.4, -0.2) is 39.5 Å². The van der Waals surface area contributed by atoms with E-state index in [4.69, 9.17) is 0 Å². The van der Waals surface area contributed by atoms with Gasteiger partial charge in [-0.15, -0.1) is 0 Å². The molecule has 0 aromatic carbocycles. The summed E-state index contributed by atoms with van der Waals surface area (Å²) in [6.07, 6.45) is 1.84. The van der Waals surface area contributed by atoms with Crippen molar-refractivity contribution in [2.75, 3.05) is 13.1 Å². The number of rotatable bonds is 2. The molecule has 112 valence electrons. The summed E-state index contributed by atoms with van der Waals surface area (Å²) >= 11 is 0. The molecule has 2 aromatic rings. The number of nitrogens with zero attached hydrogens (tertiary/aromatic N) is 3. The lowest BCUT2D eigenvalue weighted by Crippen LogP contribution is -2.54. The fourth-order valence-corrected chi connectivity index (χ4v) is 3.01. The highest BCUT2D eigenvalue weighted by Gasteiger charge is 2.24. The van der Waals surface area contributed by atoms with Gasteiger partial charge in [0.15, 0.2) is 0 Å². The van der Waals surface area contributed by atoms with Crippen molar-refractivity contribution in [1.29, 1.82) is 0 Å². The Balaban J connectivity index is 1.94. The van der Waals surface area contributed by atoms with E-state index in [2.05, 4.69) is 29.0 Å². The lowest BCUT2D eigenvalue weighted by atomic mass is 10.1. The molecule has 2 atom stereocenters. The van der Waals surface area contributed by atoms with Crippen LogP contribution in [0, 0.1) is 6.92 Å². The van der Waals surface area contributed by atoms with Crippen molar-refractivity contribution in [3.8, 4) is 0 Å². The molecule has 0 spiro atoms. The first-order chi connectivity index (χ1) is 10.0. The maximum atomic E-state index is 12.2. The fourth-order valence-electron chi connectivity index (χ4n) is 3.01. The summed E-state index contributed by atoms with van der Waals surface area (Å²) in [7, 11) is 0. The number of aryl methyl sites for hydroxylation is 1. The van der Waals surface area contributed by atoms with Crippen molar-refractivity contribution in [1.82, 2.24) is 19.6 Å². The SMILES string of the molecule is Cc1ccc2nc(CN3C(C)CNCC3C)cc(=O)n2c1. The van der Waals surface area contributed by atoms with Gasteiger partial charge in [0.05, 0.1) is 5.69 Å². The number of pyridine rings is 1. The van der Waals surface area contributed by atoms with Gasteiger partial charge in [-0.2, -0.15) is 0 Å². The maximum absolute atomic E-state index is 12.2. The monoisotopic (exact) mass is 286 g/mol. The van der Waals surface area contributed by atoms with Crippen LogP contribution < -0.4 is 10.9 Å². The molecular weight excluding hydrogens is 264 g/mol. The van der Waals surface area contributed by atoms with Crippen LogP contribution in [0.4, 0.5) is 0 Å². The predicted molar refractivity (Wildman–Crippen MR) is 83.5 cm³/mol. The van der Waals surface area contributed by atoms with E-state index < -0.39 is 0 Å². The third kappa shape index (κ3) is 2.84. The van der Waals surface area contributed by atoms with Gasteiger partial charge in [0.2, 0.25) is 0 Å². The van der Waals surface area contributed by atoms with Crippen LogP contribution in [0.15, 0.2) is 29.2 Å². The molecule has 21 heavy (non-hydrogen) atoms. The van der Waals surface area contributed by atoms with Crippen molar-refractivity contribution < 1.29 is 0 Å². The molecule has 0 aliphatic carbocycles. The first-order valence-electron chi connectivity index (χ1n) is 7.50. The van der Waals surface area contributed by atoms with Crippen molar-refractivity contribution in [3.05, 3.63) is 46.0 Å². The summed E-state index contributed by atoms with van der Waals surface area (Å²) in [5, 5.41) is 3.42. The van der Waals surface area contributed by atoms with E-state index in [0.717, 1.165) is 36.5 Å². The number of fused-ring (bicyclic) bond motifs is 1. The largest absolute Gasteiger partial charge is 0.314 e. The average Bonchev–Trinajstić information content (AvgIpc) is 2.44. The van der Waals surface area contributed by atoms with E-state index in [1.807, 2.05) is 25.3 Å². The van der Waals surface area contributed by atoms with Crippen LogP contribution in [0.2, 0.25) is 0 Å². The lowest BCUT2D eigenvalue weighted by molar-refractivity contribution is 0.107. The Hall–Kier alpha value is -1.72. The summed E-state index contributed by atoms with van der Waals surface area (Å²) in [4.78, 5) is 19.3. The first-order valence-corrected chi connectivity index (χ1v) is 7.50. The number of nitrogens with one attached hydrogen (secondary N) is 1. The van der Waals surface area contributed by atoms with Crippen LogP contribution in [0.3, 0.4) is 0 Å². The normalized spacial score (nSPS) is 23.6. The summed E-state index contributed by atoms with van der Waals surface area (Å²) in [6.45, 7) is 9.08. The number of aromatic nitrogens is 2. The van der Waals surface area contributed by atoms with Crippen LogP contribution in [0.1, 0.15) is 25.1 Å². The minimum Gasteiger partial charge on any atom is -0.314 e. The second-order valence-electron chi connectivity index (χ2n) is 6.05. The Kier molecular flexibility index (Phi) is 3.78. The number of hydrogen-bond acceptors (Lipinski definition) is 4. The van der Waals surface area contributed by atoms with E-state index in [0.29, 0.717) is 12.1 Å². The van der Waals surface area contributed by atoms with Crippen molar-refractivity contribution >= 4 is 5.65 Å². The van der Waals surface area contributed by atoms with E-state index in [9.17, 15) is 4.79 Å². The molecule has 2 aromatic heterocycles. The molecule has 5 heteroatoms. The maximum Gasteiger partial charge on any atom is 0.258 e. The molecule has 1 aliphatic heterocycles. The molecule has 1 N–H and O–H groups in total. The van der Waals surface area contributed by atoms with Gasteiger partial charge in [-0.3, -0.25) is 14.1 Å². The summed E-state index contributed by atoms with van der Waals surface area (Å²) < 4.78 is 1.61. The molecule has 0 bridgehead atoms. The van der Waals surface area contributed by atoms with Crippen molar-refractivity contribution in [3.63, 3.8) is 0 Å². The third-order valence-corrected chi connectivity index (χ3v) is 4.22. The summed E-state index contributed by atoms with van der Waals surface area (Å²) in [6, 6.07) is 6.46. The van der Waals surface area contributed by atoms with Crippen LogP contribution >= 0.6 is 0 Å². The molecule has 3 rings (SSSR count). The minimum atomic E-state index is -0.00543. The number of hydrogen-bond donors (Lipinski definition) is 1. The standard InChI is InChI=1S/C16H22N4O/c1-11-4-5-15-18-14(6-16(21)20(15)9-11)10-19-12(2)7-17-8-13(19)3/h4-6,9,12-13,17H,7-8,10H2,1-3H3. The van der Waals surface area contributed by atoms with E-state index in [1.54, 1.807) is 10.5 Å². The highest BCUT2D eigenvalue weighted by atomic mass is 16.1. The lowest BCUT2D eigenvalue weighted by Gasteiger charge is -2.39. The molecule has 1 saturated heterocycles. The average molecular weight is 286 g/mol. The zero-order valence-electron chi connectivity index (χ0n) is 12.8. The van der Waals surface area contributed by atoms with Gasteiger partial charge in [-0.05, 0) is 32.4 Å². The third-order valence-electron chi connectivity index (χ3n) is 4.22. The molecule has 0 radical (unpaired) electrons. The van der Waals surface area contributed by atoms with Gasteiger partial charge in [-0.1, -0.05) is 6.07 Å². The Morgan fingerprint density at radius 3 is 2.71 bits per heavy atom. The Bertz CT molecular complexity index is 699. The second kappa shape index (κ2) is 5.58. The molecular formula is C16H22N4O. The zero-order chi connectivity index (χ0) is 15.0. The molecule has 3 heterocycles. The highest BCUT2D eigenvalue weighted by Crippen LogP contribution is 2.13. The highest BCUT2D eigenvalue weighted by molar-refractivity contribution is 5.39. The smallest absolute Gasteiger partial charge is 0.258 e. The van der Waals surface area contributed by atoms with Crippen molar-refractivity contribution in [2.24, 2.45) is 0 Å². The van der Waals surface area contributed by atoms with Gasteiger partial charge in [-0.25, -0.2) is 4.98 Å². The summed E-state index contributed by atoms with van der Waals surface area (Å²) in [5.74, 6) is 0. The van der Waals surface area contributed by atoms with Crippen LogP contribution in [0.5, 0.6) is 0 Å². The van der Waals surface area contributed by atoms with Crippen molar-refractivity contribution in [2.45, 2.75) is 39.4 Å². The van der Waals surface area contributed by atoms with E-state index >= 15 is 0 Å². The summed E-state index contributed by atoms with van der Waals surface area (Å²) in [5.41, 5.74) is 2.63. The van der Waals surface area contributed by atoms with E-state index in [1.165, 1.54) is 0 Å². The van der Waals surface area contributed by atoms with Gasteiger partial charge in [0.1, 0.15) is 5.65 Å². The molecule has 5 nitrogen and oxygen atoms in total. The quantitative estimate of drug-likeness (QED) is 0.901. The van der Waals surface area contributed by atoms with Crippen LogP contribution in [-0.2, 0) is 6.54 Å². The Morgan fingerprint density at radius 1 is 1.29 bits per heavy atom. The van der Waals surface area contributed by atoms with Crippen LogP contribution in [0.25, 0.3) is 5.65 Å². The van der Waals surface area contributed by atoms with Gasteiger partial charge < -0.3 is 5.32 Å². The molecule has 0 saturated carbocycles.